The van der Waals surface area contributed by atoms with Crippen molar-refractivity contribution >= 4 is 106 Å². The molecule has 0 saturated carbocycles. The molecule has 2 heterocycles. The Morgan fingerprint density at radius 1 is 0.892 bits per heavy atom. The molecule has 3 aromatic carbocycles. The Bertz CT molecular complexity index is 1650. The van der Waals surface area contributed by atoms with E-state index in [1.807, 2.05) is 24.3 Å². The lowest BCUT2D eigenvalue weighted by atomic mass is 10.2. The summed E-state index contributed by atoms with van der Waals surface area (Å²) in [4.78, 5) is 44.5. The van der Waals surface area contributed by atoms with Crippen molar-refractivity contribution in [3.05, 3.63) is 80.8 Å². The highest BCUT2D eigenvalue weighted by atomic mass is 79.9. The first-order valence-electron chi connectivity index (χ1n) is 10.6. The molecule has 0 radical (unpaired) electrons. The van der Waals surface area contributed by atoms with Crippen LogP contribution in [0.25, 0.3) is 20.4 Å². The van der Waals surface area contributed by atoms with Crippen molar-refractivity contribution in [2.24, 2.45) is 0 Å². The highest BCUT2D eigenvalue weighted by Crippen LogP contribution is 2.33. The highest BCUT2D eigenvalue weighted by Gasteiger charge is 2.14. The van der Waals surface area contributed by atoms with Crippen LogP contribution in [0.15, 0.2) is 73.8 Å². The molecular weight excluding hydrogens is 616 g/mol. The molecule has 1 amide bonds. The van der Waals surface area contributed by atoms with Crippen LogP contribution in [0.3, 0.4) is 0 Å². The fourth-order valence-electron chi connectivity index (χ4n) is 3.28. The van der Waals surface area contributed by atoms with Crippen LogP contribution in [0.5, 0.6) is 0 Å². The quantitative estimate of drug-likeness (QED) is 0.0781. The van der Waals surface area contributed by atoms with Crippen molar-refractivity contribution in [3.63, 3.8) is 0 Å². The number of carbonyl (C=O) groups excluding carboxylic acids is 2. The van der Waals surface area contributed by atoms with Gasteiger partial charge in [0, 0.05) is 27.9 Å². The van der Waals surface area contributed by atoms with E-state index in [9.17, 15) is 19.7 Å². The third-order valence-corrected chi connectivity index (χ3v) is 9.89. The van der Waals surface area contributed by atoms with Crippen molar-refractivity contribution in [1.82, 2.24) is 9.97 Å². The van der Waals surface area contributed by atoms with Gasteiger partial charge in [-0.05, 0) is 36.4 Å². The Kier molecular flexibility index (Phi) is 7.86. The molecule has 8 nitrogen and oxygen atoms in total. The Hall–Kier alpha value is -2.84. The summed E-state index contributed by atoms with van der Waals surface area (Å²) < 4.78 is 4.00. The summed E-state index contributed by atoms with van der Waals surface area (Å²) in [5.74, 6) is 0.297. The number of carbonyl (C=O) groups is 2. The minimum atomic E-state index is -0.440. The second-order valence-electron chi connectivity index (χ2n) is 7.61. The number of hydrogen-bond acceptors (Lipinski definition) is 10. The molecule has 0 aliphatic carbocycles. The van der Waals surface area contributed by atoms with Crippen molar-refractivity contribution in [2.45, 2.75) is 8.68 Å². The fraction of sp³-hybridized carbons (Fsp3) is 0.0833. The number of nitrogens with one attached hydrogen (secondary N) is 1. The number of non-ortho nitro benzene ring substituents is 1. The Balaban J connectivity index is 1.17. The van der Waals surface area contributed by atoms with Crippen LogP contribution in [0.4, 0.5) is 11.4 Å². The van der Waals surface area contributed by atoms with Gasteiger partial charge in [0.05, 0.1) is 36.9 Å². The molecule has 0 atom stereocenters. The van der Waals surface area contributed by atoms with Gasteiger partial charge in [-0.2, -0.15) is 0 Å². The Morgan fingerprint density at radius 2 is 1.51 bits per heavy atom. The lowest BCUT2D eigenvalue weighted by Gasteiger charge is -2.03. The van der Waals surface area contributed by atoms with E-state index in [-0.39, 0.29) is 23.1 Å². The molecular formula is C24H15BrN4O4S4. The number of aromatic nitrogens is 2. The van der Waals surface area contributed by atoms with Crippen molar-refractivity contribution in [1.29, 1.82) is 0 Å². The van der Waals surface area contributed by atoms with E-state index < -0.39 is 4.92 Å². The summed E-state index contributed by atoms with van der Waals surface area (Å²) in [6, 6.07) is 17.3. The van der Waals surface area contributed by atoms with Crippen LogP contribution in [-0.4, -0.2) is 38.1 Å². The molecule has 0 unspecified atom stereocenters. The summed E-state index contributed by atoms with van der Waals surface area (Å²) in [6.07, 6.45) is 0. The maximum absolute atomic E-state index is 12.5. The average Bonchev–Trinajstić information content (AvgIpc) is 3.49. The van der Waals surface area contributed by atoms with Crippen LogP contribution in [0.1, 0.15) is 10.4 Å². The summed E-state index contributed by atoms with van der Waals surface area (Å²) in [6.45, 7) is 0. The van der Waals surface area contributed by atoms with Crippen LogP contribution in [0, 0.1) is 10.1 Å². The lowest BCUT2D eigenvalue weighted by Crippen LogP contribution is -2.13. The molecule has 0 fully saturated rings. The van der Waals surface area contributed by atoms with Gasteiger partial charge in [-0.1, -0.05) is 51.6 Å². The predicted octanol–water partition coefficient (Wildman–Crippen LogP) is 7.28. The number of rotatable bonds is 9. The van der Waals surface area contributed by atoms with E-state index in [0.29, 0.717) is 31.6 Å². The number of benzene rings is 3. The largest absolute Gasteiger partial charge is 0.325 e. The molecule has 5 aromatic rings. The zero-order chi connectivity index (χ0) is 25.9. The van der Waals surface area contributed by atoms with Gasteiger partial charge in [-0.3, -0.25) is 19.7 Å². The Labute approximate surface area is 235 Å². The van der Waals surface area contributed by atoms with E-state index in [1.54, 1.807) is 24.3 Å². The number of amides is 1. The number of hydrogen-bond donors (Lipinski definition) is 1. The molecule has 1 N–H and O–H groups in total. The number of nitrogens with zero attached hydrogens (tertiary/aromatic N) is 3. The summed E-state index contributed by atoms with van der Waals surface area (Å²) >= 11 is 8.84. The Morgan fingerprint density at radius 3 is 2.19 bits per heavy atom. The van der Waals surface area contributed by atoms with Crippen LogP contribution >= 0.6 is 62.1 Å². The highest BCUT2D eigenvalue weighted by molar-refractivity contribution is 9.10. The first-order valence-corrected chi connectivity index (χ1v) is 15.0. The summed E-state index contributed by atoms with van der Waals surface area (Å²) in [5, 5.41) is 13.8. The average molecular weight is 632 g/mol. The zero-order valence-electron chi connectivity index (χ0n) is 18.7. The number of anilines is 1. The van der Waals surface area contributed by atoms with Crippen molar-refractivity contribution in [2.75, 3.05) is 16.8 Å². The number of nitro groups is 1. The topological polar surface area (TPSA) is 115 Å². The second kappa shape index (κ2) is 11.3. The number of ketones is 1. The first-order chi connectivity index (χ1) is 17.8. The zero-order valence-corrected chi connectivity index (χ0v) is 23.5. The predicted molar refractivity (Wildman–Crippen MR) is 154 cm³/mol. The molecule has 0 bridgehead atoms. The molecule has 2 aromatic heterocycles. The maximum Gasteiger partial charge on any atom is 0.270 e. The van der Waals surface area contributed by atoms with Crippen LogP contribution in [0.2, 0.25) is 0 Å². The lowest BCUT2D eigenvalue weighted by molar-refractivity contribution is -0.384. The molecule has 37 heavy (non-hydrogen) atoms. The van der Waals surface area contributed by atoms with Gasteiger partial charge < -0.3 is 5.32 Å². The molecule has 0 saturated heterocycles. The van der Waals surface area contributed by atoms with E-state index in [1.165, 1.54) is 58.3 Å². The van der Waals surface area contributed by atoms with Crippen LogP contribution in [-0.2, 0) is 4.79 Å². The van der Waals surface area contributed by atoms with Gasteiger partial charge in [0.15, 0.2) is 14.5 Å². The normalized spacial score (nSPS) is 11.2. The number of fused-ring (bicyclic) bond motifs is 2. The van der Waals surface area contributed by atoms with Gasteiger partial charge >= 0.3 is 0 Å². The van der Waals surface area contributed by atoms with Crippen molar-refractivity contribution in [3.8, 4) is 0 Å². The molecule has 13 heteroatoms. The molecule has 0 aliphatic heterocycles. The SMILES string of the molecule is O=C(CSc1nc2ccc([N+](=O)[O-])cc2s1)Nc1ccc2nc(SCC(=O)c3ccc(Br)cc3)sc2c1. The number of Topliss-reactive ketones (excluding diaryl/α,β-unsaturated/α-hetero) is 1. The first kappa shape index (κ1) is 25.8. The van der Waals surface area contributed by atoms with E-state index in [2.05, 4.69) is 31.2 Å². The number of thiazole rings is 2. The third kappa shape index (κ3) is 6.36. The monoisotopic (exact) mass is 630 g/mol. The van der Waals surface area contributed by atoms with Gasteiger partial charge in [0.1, 0.15) is 0 Å². The summed E-state index contributed by atoms with van der Waals surface area (Å²) in [5.41, 5.74) is 2.80. The summed E-state index contributed by atoms with van der Waals surface area (Å²) in [7, 11) is 0. The minimum Gasteiger partial charge on any atom is -0.325 e. The maximum atomic E-state index is 12.5. The molecule has 0 aliphatic rings. The molecule has 186 valence electrons. The minimum absolute atomic E-state index is 0.0154. The third-order valence-electron chi connectivity index (χ3n) is 5.04. The van der Waals surface area contributed by atoms with Gasteiger partial charge in [0.2, 0.25) is 5.91 Å². The van der Waals surface area contributed by atoms with Crippen molar-refractivity contribution < 1.29 is 14.5 Å². The van der Waals surface area contributed by atoms with Gasteiger partial charge in [-0.25, -0.2) is 9.97 Å². The standard InChI is InChI=1S/C24H15BrN4O4S4/c25-14-3-1-13(2-4-14)19(30)11-34-23-27-17-7-5-15(9-20(17)36-23)26-22(31)12-35-24-28-18-8-6-16(29(32)33)10-21(18)37-24/h1-10H,11-12H2,(H,26,31). The fourth-order valence-corrected chi connectivity index (χ4v) is 7.45. The second-order valence-corrected chi connectivity index (χ2v) is 13.0. The van der Waals surface area contributed by atoms with E-state index >= 15 is 0 Å². The number of nitro benzene ring substituents is 1. The smallest absolute Gasteiger partial charge is 0.270 e. The van der Waals surface area contributed by atoms with E-state index in [0.717, 1.165) is 19.0 Å². The number of thioether (sulfide) groups is 2. The van der Waals surface area contributed by atoms with Gasteiger partial charge in [0.25, 0.3) is 5.69 Å². The van der Waals surface area contributed by atoms with E-state index in [4.69, 9.17) is 0 Å². The number of halogens is 1. The molecule has 0 spiro atoms. The van der Waals surface area contributed by atoms with Crippen LogP contribution < -0.4 is 5.32 Å². The molecule has 5 rings (SSSR count). The van der Waals surface area contributed by atoms with Gasteiger partial charge in [-0.15, -0.1) is 22.7 Å².